The van der Waals surface area contributed by atoms with Crippen LogP contribution in [0, 0.1) is 10.1 Å². The number of amides is 3. The van der Waals surface area contributed by atoms with E-state index in [-0.39, 0.29) is 5.76 Å². The quantitative estimate of drug-likeness (QED) is 0.582. The van der Waals surface area contributed by atoms with Gasteiger partial charge in [-0.3, -0.25) is 14.9 Å². The zero-order valence-corrected chi connectivity index (χ0v) is 10.5. The molecule has 9 nitrogen and oxygen atoms in total. The van der Waals surface area contributed by atoms with Crippen LogP contribution in [-0.4, -0.2) is 16.9 Å². The fourth-order valence-corrected chi connectivity index (χ4v) is 1.52. The molecule has 0 fully saturated rings. The molecule has 2 aromatic rings. The lowest BCUT2D eigenvalue weighted by Gasteiger charge is -2.05. The Labute approximate surface area is 117 Å². The van der Waals surface area contributed by atoms with Gasteiger partial charge in [-0.25, -0.2) is 4.79 Å². The van der Waals surface area contributed by atoms with Crippen molar-refractivity contribution in [1.29, 1.82) is 0 Å². The predicted molar refractivity (Wildman–Crippen MR) is 73.0 cm³/mol. The molecule has 0 aliphatic carbocycles. The van der Waals surface area contributed by atoms with Crippen molar-refractivity contribution in [2.24, 2.45) is 5.73 Å². The van der Waals surface area contributed by atoms with Crippen molar-refractivity contribution >= 4 is 29.2 Å². The van der Waals surface area contributed by atoms with E-state index >= 15 is 0 Å². The Kier molecular flexibility index (Phi) is 3.84. The van der Waals surface area contributed by atoms with Gasteiger partial charge in [0.1, 0.15) is 4.92 Å². The molecular formula is C12H10N4O5. The van der Waals surface area contributed by atoms with E-state index in [4.69, 9.17) is 10.2 Å². The summed E-state index contributed by atoms with van der Waals surface area (Å²) in [4.78, 5) is 32.2. The molecule has 3 amide bonds. The summed E-state index contributed by atoms with van der Waals surface area (Å²) >= 11 is 0. The first-order chi connectivity index (χ1) is 9.95. The van der Waals surface area contributed by atoms with Crippen LogP contribution in [0.4, 0.5) is 22.1 Å². The van der Waals surface area contributed by atoms with Gasteiger partial charge in [-0.1, -0.05) is 0 Å². The third-order valence-electron chi connectivity index (χ3n) is 2.41. The number of nitro groups is 1. The number of primary amides is 1. The van der Waals surface area contributed by atoms with Crippen molar-refractivity contribution in [3.63, 3.8) is 0 Å². The second-order valence-electron chi connectivity index (χ2n) is 3.92. The van der Waals surface area contributed by atoms with Gasteiger partial charge in [-0.05, 0) is 30.3 Å². The highest BCUT2D eigenvalue weighted by Crippen LogP contribution is 2.18. The molecule has 4 N–H and O–H groups in total. The molecule has 0 atom stereocenters. The lowest BCUT2D eigenvalue weighted by molar-refractivity contribution is -0.402. The molecule has 0 saturated heterocycles. The summed E-state index contributed by atoms with van der Waals surface area (Å²) in [5, 5.41) is 15.3. The van der Waals surface area contributed by atoms with Crippen LogP contribution < -0.4 is 16.4 Å². The molecule has 0 unspecified atom stereocenters. The number of rotatable bonds is 4. The van der Waals surface area contributed by atoms with Crippen LogP contribution >= 0.6 is 0 Å². The summed E-state index contributed by atoms with van der Waals surface area (Å²) in [7, 11) is 0. The van der Waals surface area contributed by atoms with Crippen LogP contribution in [-0.2, 0) is 0 Å². The molecule has 108 valence electrons. The van der Waals surface area contributed by atoms with Crippen molar-refractivity contribution in [2.75, 3.05) is 10.6 Å². The molecule has 1 heterocycles. The third kappa shape index (κ3) is 3.56. The number of nitrogens with zero attached hydrogens (tertiary/aromatic N) is 1. The van der Waals surface area contributed by atoms with Gasteiger partial charge in [0.25, 0.3) is 5.91 Å². The molecule has 2 rings (SSSR count). The standard InChI is InChI=1S/C12H10N4O5/c13-12(18)15-8-3-1-7(2-4-8)14-11(17)9-5-6-10(21-9)16(19)20/h1-6H,(H,14,17)(H3,13,15,18). The first-order valence-electron chi connectivity index (χ1n) is 5.68. The van der Waals surface area contributed by atoms with Gasteiger partial charge in [0.2, 0.25) is 0 Å². The lowest BCUT2D eigenvalue weighted by Crippen LogP contribution is -2.19. The van der Waals surface area contributed by atoms with Crippen LogP contribution in [0.5, 0.6) is 0 Å². The molecule has 0 bridgehead atoms. The van der Waals surface area contributed by atoms with Crippen molar-refractivity contribution in [3.8, 4) is 0 Å². The van der Waals surface area contributed by atoms with E-state index in [1.807, 2.05) is 0 Å². The van der Waals surface area contributed by atoms with E-state index in [1.165, 1.54) is 30.3 Å². The van der Waals surface area contributed by atoms with Crippen LogP contribution in [0.15, 0.2) is 40.8 Å². The highest BCUT2D eigenvalue weighted by molar-refractivity contribution is 6.02. The van der Waals surface area contributed by atoms with E-state index in [0.717, 1.165) is 6.07 Å². The topological polar surface area (TPSA) is 140 Å². The molecule has 1 aromatic carbocycles. The van der Waals surface area contributed by atoms with Crippen molar-refractivity contribution in [1.82, 2.24) is 0 Å². The number of benzene rings is 1. The Morgan fingerprint density at radius 2 is 1.62 bits per heavy atom. The van der Waals surface area contributed by atoms with Gasteiger partial charge in [-0.2, -0.15) is 0 Å². The van der Waals surface area contributed by atoms with Gasteiger partial charge in [0.15, 0.2) is 5.76 Å². The zero-order chi connectivity index (χ0) is 15.4. The number of anilines is 2. The summed E-state index contributed by atoms with van der Waals surface area (Å²) in [5.41, 5.74) is 5.85. The molecule has 0 saturated carbocycles. The number of furan rings is 1. The fourth-order valence-electron chi connectivity index (χ4n) is 1.52. The number of hydrogen-bond acceptors (Lipinski definition) is 5. The van der Waals surface area contributed by atoms with Gasteiger partial charge >= 0.3 is 11.9 Å². The maximum atomic E-state index is 11.8. The van der Waals surface area contributed by atoms with Crippen LogP contribution in [0.25, 0.3) is 0 Å². The predicted octanol–water partition coefficient (Wildman–Crippen LogP) is 1.93. The van der Waals surface area contributed by atoms with Crippen LogP contribution in [0.1, 0.15) is 10.6 Å². The smallest absolute Gasteiger partial charge is 0.395 e. The van der Waals surface area contributed by atoms with Gasteiger partial charge in [0.05, 0.1) is 6.07 Å². The number of nitrogens with two attached hydrogens (primary N) is 1. The highest BCUT2D eigenvalue weighted by Gasteiger charge is 2.17. The summed E-state index contributed by atoms with van der Waals surface area (Å²) in [6.07, 6.45) is 0. The summed E-state index contributed by atoms with van der Waals surface area (Å²) in [6, 6.07) is 7.72. The van der Waals surface area contributed by atoms with Crippen molar-refractivity contribution in [3.05, 3.63) is 52.3 Å². The maximum absolute atomic E-state index is 11.8. The maximum Gasteiger partial charge on any atom is 0.433 e. The van der Waals surface area contributed by atoms with E-state index in [9.17, 15) is 19.7 Å². The number of urea groups is 1. The Balaban J connectivity index is 2.04. The highest BCUT2D eigenvalue weighted by atomic mass is 16.6. The minimum atomic E-state index is -0.735. The SMILES string of the molecule is NC(=O)Nc1ccc(NC(=O)c2ccc([N+](=O)[O-])o2)cc1. The molecule has 21 heavy (non-hydrogen) atoms. The Bertz CT molecular complexity index is 692. The van der Waals surface area contributed by atoms with E-state index < -0.39 is 22.7 Å². The third-order valence-corrected chi connectivity index (χ3v) is 2.41. The van der Waals surface area contributed by atoms with Crippen LogP contribution in [0.3, 0.4) is 0 Å². The molecule has 0 radical (unpaired) electrons. The number of nitrogens with one attached hydrogen (secondary N) is 2. The Morgan fingerprint density at radius 3 is 2.10 bits per heavy atom. The Morgan fingerprint density at radius 1 is 1.05 bits per heavy atom. The van der Waals surface area contributed by atoms with Gasteiger partial charge in [0, 0.05) is 11.4 Å². The summed E-state index contributed by atoms with van der Waals surface area (Å²) in [6.45, 7) is 0. The zero-order valence-electron chi connectivity index (χ0n) is 10.5. The number of carbonyl (C=O) groups is 2. The summed E-state index contributed by atoms with van der Waals surface area (Å²) in [5.74, 6) is -1.32. The van der Waals surface area contributed by atoms with E-state index in [1.54, 1.807) is 0 Å². The molecule has 9 heteroatoms. The summed E-state index contributed by atoms with van der Waals surface area (Å²) < 4.78 is 4.77. The molecule has 0 aliphatic heterocycles. The average molecular weight is 290 g/mol. The normalized spacial score (nSPS) is 9.90. The van der Waals surface area contributed by atoms with E-state index in [0.29, 0.717) is 11.4 Å². The largest absolute Gasteiger partial charge is 0.433 e. The second kappa shape index (κ2) is 5.74. The lowest BCUT2D eigenvalue weighted by atomic mass is 10.2. The van der Waals surface area contributed by atoms with Gasteiger partial charge < -0.3 is 20.8 Å². The van der Waals surface area contributed by atoms with Crippen molar-refractivity contribution in [2.45, 2.75) is 0 Å². The minimum absolute atomic E-state index is 0.180. The average Bonchev–Trinajstić information content (AvgIpc) is 2.90. The molecule has 0 aliphatic rings. The van der Waals surface area contributed by atoms with Gasteiger partial charge in [-0.15, -0.1) is 0 Å². The molecular weight excluding hydrogens is 280 g/mol. The first kappa shape index (κ1) is 14.1. The number of hydrogen-bond donors (Lipinski definition) is 3. The fraction of sp³-hybridized carbons (Fsp3) is 0. The monoisotopic (exact) mass is 290 g/mol. The molecule has 0 spiro atoms. The number of carbonyl (C=O) groups excluding carboxylic acids is 2. The molecule has 1 aromatic heterocycles. The second-order valence-corrected chi connectivity index (χ2v) is 3.92. The van der Waals surface area contributed by atoms with E-state index in [2.05, 4.69) is 10.6 Å². The van der Waals surface area contributed by atoms with Crippen molar-refractivity contribution < 1.29 is 18.9 Å². The minimum Gasteiger partial charge on any atom is -0.395 e. The van der Waals surface area contributed by atoms with Crippen LogP contribution in [0.2, 0.25) is 0 Å². The first-order valence-corrected chi connectivity index (χ1v) is 5.68. The Hall–Kier alpha value is -3.36.